The molecule has 22 heavy (non-hydrogen) atoms. The molecule has 0 saturated heterocycles. The van der Waals surface area contributed by atoms with Crippen molar-refractivity contribution in [3.05, 3.63) is 38.9 Å². The number of hydrogen-bond donors (Lipinski definition) is 2. The summed E-state index contributed by atoms with van der Waals surface area (Å²) < 4.78 is 76.2. The summed E-state index contributed by atoms with van der Waals surface area (Å²) >= 11 is 0. The van der Waals surface area contributed by atoms with Crippen molar-refractivity contribution in [1.29, 1.82) is 0 Å². The molecule has 0 bridgehead atoms. The number of benzene rings is 1. The predicted molar refractivity (Wildman–Crippen MR) is 55.7 cm³/mol. The van der Waals surface area contributed by atoms with Crippen LogP contribution in [-0.4, -0.2) is 21.1 Å². The maximum atomic E-state index is 12.8. The molecular weight excluding hydrogens is 328 g/mol. The smallest absolute Gasteiger partial charge is 0.423 e. The van der Waals surface area contributed by atoms with E-state index in [1.54, 1.807) is 0 Å². The van der Waals surface area contributed by atoms with E-state index in [2.05, 4.69) is 0 Å². The Morgan fingerprint density at radius 3 is 1.95 bits per heavy atom. The number of nitro benzene ring substituents is 1. The number of aliphatic hydroxyl groups is 1. The van der Waals surface area contributed by atoms with Crippen LogP contribution in [0.1, 0.15) is 22.8 Å². The number of halogens is 6. The summed E-state index contributed by atoms with van der Waals surface area (Å²) in [6.45, 7) is 0. The van der Waals surface area contributed by atoms with Gasteiger partial charge >= 0.3 is 18.3 Å². The van der Waals surface area contributed by atoms with Crippen LogP contribution in [0.15, 0.2) is 12.1 Å². The second kappa shape index (κ2) is 5.44. The van der Waals surface area contributed by atoms with Gasteiger partial charge in [0.05, 0.1) is 10.5 Å². The molecule has 0 amide bonds. The van der Waals surface area contributed by atoms with E-state index in [-0.39, 0.29) is 12.1 Å². The van der Waals surface area contributed by atoms with E-state index >= 15 is 0 Å². The molecule has 12 heteroatoms. The first-order chi connectivity index (χ1) is 9.76. The van der Waals surface area contributed by atoms with E-state index in [9.17, 15) is 41.3 Å². The summed E-state index contributed by atoms with van der Waals surface area (Å²) in [6.07, 6.45) is -13.8. The second-order valence-electron chi connectivity index (χ2n) is 3.95. The van der Waals surface area contributed by atoms with E-state index in [0.29, 0.717) is 0 Å². The lowest BCUT2D eigenvalue weighted by molar-refractivity contribution is -0.388. The Morgan fingerprint density at radius 1 is 1.14 bits per heavy atom. The normalized spacial score (nSPS) is 13.8. The summed E-state index contributed by atoms with van der Waals surface area (Å²) in [6, 6.07) is -0.657. The third kappa shape index (κ3) is 3.44. The van der Waals surface area contributed by atoms with Crippen molar-refractivity contribution in [2.45, 2.75) is 18.5 Å². The van der Waals surface area contributed by atoms with Crippen molar-refractivity contribution >= 4 is 11.7 Å². The fourth-order valence-electron chi connectivity index (χ4n) is 1.61. The minimum atomic E-state index is -5.54. The van der Waals surface area contributed by atoms with Crippen molar-refractivity contribution in [3.8, 4) is 0 Å². The third-order valence-electron chi connectivity index (χ3n) is 2.48. The first-order valence-electron chi connectivity index (χ1n) is 5.14. The highest BCUT2D eigenvalue weighted by Crippen LogP contribution is 2.44. The molecule has 1 aromatic rings. The minimum absolute atomic E-state index is 0.283. The van der Waals surface area contributed by atoms with Gasteiger partial charge < -0.3 is 10.2 Å². The number of aliphatic hydroxyl groups excluding tert-OH is 1. The molecule has 0 saturated carbocycles. The molecule has 0 aliphatic heterocycles. The summed E-state index contributed by atoms with van der Waals surface area (Å²) in [4.78, 5) is 19.4. The Morgan fingerprint density at radius 2 is 1.64 bits per heavy atom. The maximum absolute atomic E-state index is 12.8. The largest absolute Gasteiger partial charge is 0.479 e. The van der Waals surface area contributed by atoms with E-state index in [1.807, 2.05) is 0 Å². The molecule has 0 radical (unpaired) electrons. The van der Waals surface area contributed by atoms with Crippen molar-refractivity contribution in [3.63, 3.8) is 0 Å². The van der Waals surface area contributed by atoms with Gasteiger partial charge in [0, 0.05) is 11.6 Å². The van der Waals surface area contributed by atoms with Crippen molar-refractivity contribution in [2.75, 3.05) is 0 Å². The molecular formula is C10H5F6NO5. The average molecular weight is 333 g/mol. The molecule has 6 nitrogen and oxygen atoms in total. The number of carbonyl (C=O) groups is 1. The first kappa shape index (κ1) is 17.7. The predicted octanol–water partition coefficient (Wildman–Crippen LogP) is 2.75. The number of nitro groups is 1. The monoisotopic (exact) mass is 333 g/mol. The van der Waals surface area contributed by atoms with Crippen LogP contribution in [0.2, 0.25) is 0 Å². The second-order valence-corrected chi connectivity index (χ2v) is 3.95. The van der Waals surface area contributed by atoms with Crippen molar-refractivity contribution in [1.82, 2.24) is 0 Å². The molecule has 1 unspecified atom stereocenters. The fourth-order valence-corrected chi connectivity index (χ4v) is 1.61. The van der Waals surface area contributed by atoms with Crippen LogP contribution >= 0.6 is 0 Å². The Labute approximate surface area is 116 Å². The maximum Gasteiger partial charge on any atom is 0.423 e. The number of carboxylic acids is 1. The molecule has 2 N–H and O–H groups in total. The molecule has 0 aliphatic carbocycles. The lowest BCUT2D eigenvalue weighted by atomic mass is 9.96. The lowest BCUT2D eigenvalue weighted by Crippen LogP contribution is -2.21. The quantitative estimate of drug-likeness (QED) is 0.503. The van der Waals surface area contributed by atoms with Gasteiger partial charge in [-0.3, -0.25) is 10.1 Å². The number of alkyl halides is 6. The molecule has 1 rings (SSSR count). The topological polar surface area (TPSA) is 101 Å². The van der Waals surface area contributed by atoms with Crippen LogP contribution in [0.4, 0.5) is 32.0 Å². The van der Waals surface area contributed by atoms with Crippen LogP contribution in [0.25, 0.3) is 0 Å². The van der Waals surface area contributed by atoms with Gasteiger partial charge in [-0.15, -0.1) is 0 Å². The fraction of sp³-hybridized carbons (Fsp3) is 0.300. The molecule has 0 fully saturated rings. The average Bonchev–Trinajstić information content (AvgIpc) is 2.33. The number of aliphatic carboxylic acids is 1. The summed E-state index contributed by atoms with van der Waals surface area (Å²) in [5.41, 5.74) is -7.90. The van der Waals surface area contributed by atoms with Gasteiger partial charge in [-0.2, -0.15) is 26.3 Å². The van der Waals surface area contributed by atoms with Crippen LogP contribution in [0, 0.1) is 10.1 Å². The molecule has 0 spiro atoms. The summed E-state index contributed by atoms with van der Waals surface area (Å²) in [5, 5.41) is 28.2. The van der Waals surface area contributed by atoms with E-state index in [4.69, 9.17) is 10.2 Å². The molecule has 1 atom stereocenters. The first-order valence-corrected chi connectivity index (χ1v) is 5.14. The van der Waals surface area contributed by atoms with Gasteiger partial charge in [0.25, 0.3) is 5.69 Å². The van der Waals surface area contributed by atoms with Crippen LogP contribution in [0.3, 0.4) is 0 Å². The minimum Gasteiger partial charge on any atom is -0.479 e. The Bertz CT molecular complexity index is 623. The molecule has 0 heterocycles. The zero-order chi connectivity index (χ0) is 17.5. The highest BCUT2D eigenvalue weighted by atomic mass is 19.4. The Hall–Kier alpha value is -2.37. The van der Waals surface area contributed by atoms with Crippen molar-refractivity contribution < 1.29 is 46.3 Å². The van der Waals surface area contributed by atoms with Crippen molar-refractivity contribution in [2.24, 2.45) is 0 Å². The van der Waals surface area contributed by atoms with Gasteiger partial charge in [0.1, 0.15) is 5.56 Å². The van der Waals surface area contributed by atoms with Crippen LogP contribution < -0.4 is 0 Å². The zero-order valence-corrected chi connectivity index (χ0v) is 10.1. The number of hydrogen-bond acceptors (Lipinski definition) is 4. The number of nitrogens with zero attached hydrogens (tertiary/aromatic N) is 1. The van der Waals surface area contributed by atoms with Gasteiger partial charge in [0.15, 0.2) is 6.10 Å². The Balaban J connectivity index is 3.87. The van der Waals surface area contributed by atoms with Crippen LogP contribution in [-0.2, 0) is 17.1 Å². The van der Waals surface area contributed by atoms with E-state index in [0.717, 1.165) is 0 Å². The highest BCUT2D eigenvalue weighted by Gasteiger charge is 2.46. The number of carboxylic acid groups (broad SMARTS) is 1. The van der Waals surface area contributed by atoms with Gasteiger partial charge in [-0.25, -0.2) is 4.79 Å². The number of rotatable bonds is 3. The van der Waals surface area contributed by atoms with Gasteiger partial charge in [0.2, 0.25) is 0 Å². The SMILES string of the molecule is O=C(O)C(O)c1cc(C(F)(F)F)cc([N+](=O)[O-])c1C(F)(F)F. The molecule has 122 valence electrons. The summed E-state index contributed by atoms with van der Waals surface area (Å²) in [5.74, 6) is -2.29. The molecule has 0 aliphatic rings. The van der Waals surface area contributed by atoms with Crippen LogP contribution in [0.5, 0.6) is 0 Å². The van der Waals surface area contributed by atoms with E-state index < -0.39 is 51.7 Å². The standard InChI is InChI=1S/C10H5F6NO5/c11-9(12,13)3-1-4(7(18)8(19)20)6(10(14,15)16)5(2-3)17(21)22/h1-2,7,18H,(H,19,20). The molecule has 1 aromatic carbocycles. The zero-order valence-electron chi connectivity index (χ0n) is 10.1. The summed E-state index contributed by atoms with van der Waals surface area (Å²) in [7, 11) is 0. The van der Waals surface area contributed by atoms with Gasteiger partial charge in [-0.1, -0.05) is 0 Å². The van der Waals surface area contributed by atoms with E-state index in [1.165, 1.54) is 0 Å². The Kier molecular flexibility index (Phi) is 4.37. The molecule has 0 aromatic heterocycles. The third-order valence-corrected chi connectivity index (χ3v) is 2.48. The van der Waals surface area contributed by atoms with Gasteiger partial charge in [-0.05, 0) is 6.07 Å². The lowest BCUT2D eigenvalue weighted by Gasteiger charge is -2.17. The highest BCUT2D eigenvalue weighted by molar-refractivity contribution is 5.76.